The minimum absolute atomic E-state index is 0.285. The molecule has 3 heterocycles. The fourth-order valence-corrected chi connectivity index (χ4v) is 4.29. The van der Waals surface area contributed by atoms with E-state index >= 15 is 0 Å². The van der Waals surface area contributed by atoms with Gasteiger partial charge >= 0.3 is 0 Å². The van der Waals surface area contributed by atoms with Crippen LogP contribution in [0.3, 0.4) is 0 Å². The van der Waals surface area contributed by atoms with E-state index in [1.54, 1.807) is 4.57 Å². The number of pyridine rings is 1. The van der Waals surface area contributed by atoms with Crippen LogP contribution in [0.5, 0.6) is 0 Å². The molecule has 6 nitrogen and oxygen atoms in total. The molecule has 2 aromatic rings. The van der Waals surface area contributed by atoms with Crippen molar-refractivity contribution in [2.24, 2.45) is 7.05 Å². The largest absolute Gasteiger partial charge is 0.340 e. The lowest BCUT2D eigenvalue weighted by molar-refractivity contribution is 0.244. The number of nitriles is 1. The summed E-state index contributed by atoms with van der Waals surface area (Å²) in [6, 6.07) is 4.30. The lowest BCUT2D eigenvalue weighted by atomic mass is 9.91. The number of anilines is 1. The second kappa shape index (κ2) is 7.26. The Balaban J connectivity index is 1.43. The van der Waals surface area contributed by atoms with Crippen LogP contribution in [0.25, 0.3) is 0 Å². The number of nitrogens with zero attached hydrogens (tertiary/aromatic N) is 6. The van der Waals surface area contributed by atoms with E-state index in [4.69, 9.17) is 11.6 Å². The molecule has 1 aliphatic heterocycles. The minimum atomic E-state index is 0.285. The van der Waals surface area contributed by atoms with Gasteiger partial charge in [-0.15, -0.1) is 0 Å². The SMILES string of the molecule is Cn1c(N2CCN(Cc3nccc4c3CCCC4)CC2)nc(Cl)c1C#N. The Morgan fingerprint density at radius 3 is 2.69 bits per heavy atom. The summed E-state index contributed by atoms with van der Waals surface area (Å²) in [6.07, 6.45) is 6.91. The third kappa shape index (κ3) is 3.17. The molecule has 0 amide bonds. The molecule has 0 spiro atoms. The highest BCUT2D eigenvalue weighted by Crippen LogP contribution is 2.25. The lowest BCUT2D eigenvalue weighted by Gasteiger charge is -2.35. The molecule has 0 N–H and O–H groups in total. The fourth-order valence-electron chi connectivity index (χ4n) is 4.05. The molecule has 1 fully saturated rings. The third-order valence-electron chi connectivity index (χ3n) is 5.53. The van der Waals surface area contributed by atoms with Crippen LogP contribution in [0.15, 0.2) is 12.3 Å². The van der Waals surface area contributed by atoms with Crippen LogP contribution < -0.4 is 4.90 Å². The Bertz CT molecular complexity index is 844. The highest BCUT2D eigenvalue weighted by Gasteiger charge is 2.24. The first kappa shape index (κ1) is 17.3. The number of rotatable bonds is 3. The standard InChI is InChI=1S/C19H23ClN6/c1-24-17(12-21)18(20)23-19(24)26-10-8-25(9-11-26)13-16-15-5-3-2-4-14(15)6-7-22-16/h6-7H,2-5,8-11,13H2,1H3. The first-order valence-corrected chi connectivity index (χ1v) is 9.60. The fraction of sp³-hybridized carbons (Fsp3) is 0.526. The zero-order valence-corrected chi connectivity index (χ0v) is 15.8. The van der Waals surface area contributed by atoms with Gasteiger partial charge in [-0.25, -0.2) is 0 Å². The molecule has 136 valence electrons. The number of halogens is 1. The summed E-state index contributed by atoms with van der Waals surface area (Å²) in [4.78, 5) is 13.7. The Morgan fingerprint density at radius 1 is 1.19 bits per heavy atom. The van der Waals surface area contributed by atoms with E-state index in [1.165, 1.54) is 42.5 Å². The molecular weight excluding hydrogens is 348 g/mol. The van der Waals surface area contributed by atoms with Crippen LogP contribution in [-0.2, 0) is 26.4 Å². The van der Waals surface area contributed by atoms with E-state index in [0.717, 1.165) is 38.7 Å². The summed E-state index contributed by atoms with van der Waals surface area (Å²) < 4.78 is 1.78. The molecule has 1 saturated heterocycles. The van der Waals surface area contributed by atoms with Gasteiger partial charge in [-0.2, -0.15) is 10.2 Å². The molecule has 0 radical (unpaired) electrons. The molecule has 0 unspecified atom stereocenters. The summed E-state index contributed by atoms with van der Waals surface area (Å²) in [5.74, 6) is 0.779. The molecule has 2 aromatic heterocycles. The van der Waals surface area contributed by atoms with Crippen molar-refractivity contribution in [3.05, 3.63) is 39.9 Å². The van der Waals surface area contributed by atoms with Gasteiger partial charge < -0.3 is 9.47 Å². The summed E-state index contributed by atoms with van der Waals surface area (Å²) in [7, 11) is 1.85. The van der Waals surface area contributed by atoms with Gasteiger partial charge in [0, 0.05) is 46.0 Å². The molecule has 0 aromatic carbocycles. The van der Waals surface area contributed by atoms with E-state index in [1.807, 2.05) is 13.2 Å². The molecule has 2 aliphatic rings. The van der Waals surface area contributed by atoms with Crippen molar-refractivity contribution < 1.29 is 0 Å². The van der Waals surface area contributed by atoms with Crippen molar-refractivity contribution in [3.63, 3.8) is 0 Å². The van der Waals surface area contributed by atoms with E-state index in [0.29, 0.717) is 5.69 Å². The average molecular weight is 371 g/mol. The van der Waals surface area contributed by atoms with E-state index in [-0.39, 0.29) is 5.15 Å². The Kier molecular flexibility index (Phi) is 4.84. The number of aromatic nitrogens is 3. The normalized spacial score (nSPS) is 17.8. The first-order chi connectivity index (χ1) is 12.7. The summed E-state index contributed by atoms with van der Waals surface area (Å²) >= 11 is 6.07. The predicted molar refractivity (Wildman–Crippen MR) is 101 cm³/mol. The summed E-state index contributed by atoms with van der Waals surface area (Å²) in [6.45, 7) is 4.58. The van der Waals surface area contributed by atoms with Gasteiger partial charge in [0.1, 0.15) is 6.07 Å². The maximum atomic E-state index is 9.18. The smallest absolute Gasteiger partial charge is 0.207 e. The molecule has 0 atom stereocenters. The van der Waals surface area contributed by atoms with Gasteiger partial charge in [-0.05, 0) is 42.9 Å². The quantitative estimate of drug-likeness (QED) is 0.830. The second-order valence-electron chi connectivity index (χ2n) is 7.09. The molecule has 0 saturated carbocycles. The molecule has 26 heavy (non-hydrogen) atoms. The van der Waals surface area contributed by atoms with Crippen LogP contribution in [0.4, 0.5) is 5.95 Å². The Labute approximate surface area is 159 Å². The highest BCUT2D eigenvalue weighted by molar-refractivity contribution is 6.30. The van der Waals surface area contributed by atoms with Crippen LogP contribution in [0.2, 0.25) is 5.15 Å². The van der Waals surface area contributed by atoms with Crippen molar-refractivity contribution in [1.29, 1.82) is 5.26 Å². The van der Waals surface area contributed by atoms with Crippen LogP contribution >= 0.6 is 11.6 Å². The first-order valence-electron chi connectivity index (χ1n) is 9.22. The number of fused-ring (bicyclic) bond motifs is 1. The lowest BCUT2D eigenvalue weighted by Crippen LogP contribution is -2.47. The average Bonchev–Trinajstić information content (AvgIpc) is 2.96. The summed E-state index contributed by atoms with van der Waals surface area (Å²) in [5.41, 5.74) is 4.65. The minimum Gasteiger partial charge on any atom is -0.340 e. The van der Waals surface area contributed by atoms with Gasteiger partial charge in [0.2, 0.25) is 5.95 Å². The van der Waals surface area contributed by atoms with Crippen LogP contribution in [-0.4, -0.2) is 45.6 Å². The van der Waals surface area contributed by atoms with Gasteiger partial charge in [-0.3, -0.25) is 9.88 Å². The van der Waals surface area contributed by atoms with E-state index in [2.05, 4.69) is 31.9 Å². The van der Waals surface area contributed by atoms with Crippen LogP contribution in [0.1, 0.15) is 35.4 Å². The molecular formula is C19H23ClN6. The number of aryl methyl sites for hydroxylation is 1. The summed E-state index contributed by atoms with van der Waals surface area (Å²) in [5, 5.41) is 9.47. The predicted octanol–water partition coefficient (Wildman–Crippen LogP) is 2.54. The number of hydrogen-bond acceptors (Lipinski definition) is 5. The zero-order chi connectivity index (χ0) is 18.1. The van der Waals surface area contributed by atoms with Crippen molar-refractivity contribution >= 4 is 17.5 Å². The van der Waals surface area contributed by atoms with Crippen LogP contribution in [0, 0.1) is 11.3 Å². The Morgan fingerprint density at radius 2 is 1.96 bits per heavy atom. The maximum Gasteiger partial charge on any atom is 0.207 e. The van der Waals surface area contributed by atoms with E-state index in [9.17, 15) is 5.26 Å². The van der Waals surface area contributed by atoms with E-state index < -0.39 is 0 Å². The van der Waals surface area contributed by atoms with Gasteiger partial charge in [0.15, 0.2) is 10.8 Å². The molecule has 7 heteroatoms. The molecule has 1 aliphatic carbocycles. The number of hydrogen-bond donors (Lipinski definition) is 0. The van der Waals surface area contributed by atoms with Gasteiger partial charge in [0.05, 0.1) is 5.69 Å². The third-order valence-corrected chi connectivity index (χ3v) is 5.79. The zero-order valence-electron chi connectivity index (χ0n) is 15.1. The number of piperazine rings is 1. The second-order valence-corrected chi connectivity index (χ2v) is 7.45. The highest BCUT2D eigenvalue weighted by atomic mass is 35.5. The molecule has 0 bridgehead atoms. The van der Waals surface area contributed by atoms with Crippen molar-refractivity contribution in [2.45, 2.75) is 32.2 Å². The van der Waals surface area contributed by atoms with Crippen molar-refractivity contribution in [3.8, 4) is 6.07 Å². The Hall–Kier alpha value is -2.10. The van der Waals surface area contributed by atoms with Gasteiger partial charge in [-0.1, -0.05) is 11.6 Å². The number of imidazole rings is 1. The van der Waals surface area contributed by atoms with Gasteiger partial charge in [0.25, 0.3) is 0 Å². The van der Waals surface area contributed by atoms with Crippen molar-refractivity contribution in [2.75, 3.05) is 31.1 Å². The van der Waals surface area contributed by atoms with Crippen molar-refractivity contribution in [1.82, 2.24) is 19.4 Å². The monoisotopic (exact) mass is 370 g/mol. The molecule has 4 rings (SSSR count). The maximum absolute atomic E-state index is 9.18. The topological polar surface area (TPSA) is 61.0 Å².